The maximum atomic E-state index is 13.9. The van der Waals surface area contributed by atoms with Gasteiger partial charge in [0.15, 0.2) is 5.82 Å². The van der Waals surface area contributed by atoms with Crippen LogP contribution in [0.1, 0.15) is 60.7 Å². The van der Waals surface area contributed by atoms with Gasteiger partial charge in [0.25, 0.3) is 11.5 Å². The molecule has 0 saturated heterocycles. The first-order valence-electron chi connectivity index (χ1n) is 16.4. The molecule has 4 aromatic rings. The SMILES string of the molecule is CCc1c(-c2cc(Nc3cc4n(n3)CCN(C(C)COC)C4)c(=O)n(C)c2)ccnc1N1CCn2c(cc3c2CC(C)(C)C3)C1=O. The van der Waals surface area contributed by atoms with Crippen LogP contribution >= 0.6 is 0 Å². The van der Waals surface area contributed by atoms with Gasteiger partial charge in [0, 0.05) is 81.7 Å². The van der Waals surface area contributed by atoms with Crippen LogP contribution in [0.5, 0.6) is 0 Å². The van der Waals surface area contributed by atoms with E-state index in [1.165, 1.54) is 11.3 Å². The van der Waals surface area contributed by atoms with Crippen molar-refractivity contribution in [1.82, 2.24) is 28.8 Å². The highest BCUT2D eigenvalue weighted by Gasteiger charge is 2.37. The van der Waals surface area contributed by atoms with Crippen LogP contribution in [-0.4, -0.2) is 67.6 Å². The van der Waals surface area contributed by atoms with Crippen LogP contribution in [-0.2, 0) is 50.7 Å². The van der Waals surface area contributed by atoms with Crippen molar-refractivity contribution >= 4 is 23.2 Å². The van der Waals surface area contributed by atoms with Crippen LogP contribution in [0.2, 0.25) is 0 Å². The summed E-state index contributed by atoms with van der Waals surface area (Å²) in [5.41, 5.74) is 7.84. The maximum absolute atomic E-state index is 13.9. The number of aryl methyl sites for hydroxylation is 1. The van der Waals surface area contributed by atoms with Crippen molar-refractivity contribution in [2.75, 3.05) is 37.0 Å². The van der Waals surface area contributed by atoms with Gasteiger partial charge in [-0.25, -0.2) is 4.98 Å². The first-order chi connectivity index (χ1) is 22.1. The van der Waals surface area contributed by atoms with E-state index in [0.717, 1.165) is 67.1 Å². The molecule has 1 unspecified atom stereocenters. The quantitative estimate of drug-likeness (QED) is 0.310. The van der Waals surface area contributed by atoms with E-state index in [-0.39, 0.29) is 16.9 Å². The van der Waals surface area contributed by atoms with Crippen molar-refractivity contribution in [1.29, 1.82) is 0 Å². The second kappa shape index (κ2) is 11.5. The lowest BCUT2D eigenvalue weighted by Crippen LogP contribution is -2.41. The third kappa shape index (κ3) is 5.25. The number of fused-ring (bicyclic) bond motifs is 4. The number of anilines is 3. The monoisotopic (exact) mass is 624 g/mol. The maximum Gasteiger partial charge on any atom is 0.276 e. The number of aromatic nitrogens is 5. The molecular formula is C35H44N8O3. The van der Waals surface area contributed by atoms with Crippen LogP contribution in [0.3, 0.4) is 0 Å². The van der Waals surface area contributed by atoms with Gasteiger partial charge in [-0.2, -0.15) is 5.10 Å². The summed E-state index contributed by atoms with van der Waals surface area (Å²) in [5, 5.41) is 8.08. The summed E-state index contributed by atoms with van der Waals surface area (Å²) in [7, 11) is 3.49. The Morgan fingerprint density at radius 1 is 1.09 bits per heavy atom. The molecule has 1 aliphatic carbocycles. The highest BCUT2D eigenvalue weighted by Crippen LogP contribution is 2.40. The predicted octanol–water partition coefficient (Wildman–Crippen LogP) is 4.39. The number of rotatable bonds is 8. The second-order valence-electron chi connectivity index (χ2n) is 13.8. The van der Waals surface area contributed by atoms with E-state index in [0.29, 0.717) is 42.9 Å². The fourth-order valence-corrected chi connectivity index (χ4v) is 7.60. The van der Waals surface area contributed by atoms with E-state index in [1.807, 2.05) is 34.0 Å². The van der Waals surface area contributed by atoms with Crippen molar-refractivity contribution in [3.8, 4) is 11.1 Å². The topological polar surface area (TPSA) is 102 Å². The Labute approximate surface area is 269 Å². The van der Waals surface area contributed by atoms with Gasteiger partial charge in [-0.1, -0.05) is 20.8 Å². The zero-order valence-corrected chi connectivity index (χ0v) is 27.8. The van der Waals surface area contributed by atoms with E-state index in [9.17, 15) is 9.59 Å². The molecular weight excluding hydrogens is 580 g/mol. The molecule has 11 nitrogen and oxygen atoms in total. The van der Waals surface area contributed by atoms with Gasteiger partial charge in [0.05, 0.1) is 18.8 Å². The van der Waals surface area contributed by atoms with Crippen LogP contribution in [0, 0.1) is 5.41 Å². The number of nitrogens with zero attached hydrogens (tertiary/aromatic N) is 7. The van der Waals surface area contributed by atoms with Crippen molar-refractivity contribution in [2.24, 2.45) is 12.5 Å². The van der Waals surface area contributed by atoms with E-state index in [1.54, 1.807) is 24.9 Å². The lowest BCUT2D eigenvalue weighted by molar-refractivity contribution is 0.0797. The van der Waals surface area contributed by atoms with Crippen molar-refractivity contribution < 1.29 is 9.53 Å². The number of hydrogen-bond donors (Lipinski definition) is 1. The van der Waals surface area contributed by atoms with Crippen LogP contribution in [0.4, 0.5) is 17.3 Å². The first-order valence-corrected chi connectivity index (χ1v) is 16.4. The average molecular weight is 625 g/mol. The Morgan fingerprint density at radius 3 is 2.70 bits per heavy atom. The molecule has 46 heavy (non-hydrogen) atoms. The van der Waals surface area contributed by atoms with Gasteiger partial charge in [-0.15, -0.1) is 0 Å². The first kappa shape index (κ1) is 30.4. The molecule has 0 aromatic carbocycles. The fraction of sp³-hybridized carbons (Fsp3) is 0.486. The number of carbonyl (C=O) groups is 1. The Kier molecular flexibility index (Phi) is 7.64. The molecule has 0 bridgehead atoms. The largest absolute Gasteiger partial charge is 0.383 e. The number of amides is 1. The molecule has 0 fully saturated rings. The Morgan fingerprint density at radius 2 is 1.91 bits per heavy atom. The Hall–Kier alpha value is -4.22. The normalized spacial score (nSPS) is 18.0. The van der Waals surface area contributed by atoms with E-state index in [4.69, 9.17) is 14.8 Å². The van der Waals surface area contributed by atoms with E-state index >= 15 is 0 Å². The summed E-state index contributed by atoms with van der Waals surface area (Å²) in [4.78, 5) is 36.2. The van der Waals surface area contributed by atoms with Crippen molar-refractivity contribution in [2.45, 2.75) is 72.6 Å². The molecule has 1 atom stereocenters. The molecule has 6 heterocycles. The molecule has 242 valence electrons. The Bertz CT molecular complexity index is 1880. The molecule has 1 amide bonds. The summed E-state index contributed by atoms with van der Waals surface area (Å²) < 4.78 is 11.2. The minimum Gasteiger partial charge on any atom is -0.383 e. The van der Waals surface area contributed by atoms with E-state index < -0.39 is 0 Å². The summed E-state index contributed by atoms with van der Waals surface area (Å²) in [5.74, 6) is 1.34. The fourth-order valence-electron chi connectivity index (χ4n) is 7.60. The summed E-state index contributed by atoms with van der Waals surface area (Å²) >= 11 is 0. The molecule has 11 heteroatoms. The van der Waals surface area contributed by atoms with Gasteiger partial charge < -0.3 is 19.2 Å². The number of ether oxygens (including phenoxy) is 1. The standard InChI is InChI=1S/C35H44N8O3/c1-7-26-27(8-9-36-32(26)42-12-11-41-29(34(42)45)15-23-17-35(3,4)18-30(23)41)24-14-28(33(44)39(5)19-24)37-31-16-25-20-40(22(2)21-46-6)10-13-43(25)38-31/h8-9,14-16,19,22H,7,10-13,17-18,20-21H2,1-6H3,(H,37,38). The minimum atomic E-state index is -0.138. The number of nitrogens with one attached hydrogen (secondary N) is 1. The molecule has 0 radical (unpaired) electrons. The third-order valence-corrected chi connectivity index (χ3v) is 9.88. The predicted molar refractivity (Wildman–Crippen MR) is 179 cm³/mol. The van der Waals surface area contributed by atoms with Gasteiger partial charge in [0.1, 0.15) is 17.2 Å². The lowest BCUT2D eigenvalue weighted by atomic mass is 9.90. The highest BCUT2D eigenvalue weighted by atomic mass is 16.5. The number of pyridine rings is 2. The summed E-state index contributed by atoms with van der Waals surface area (Å²) in [6.07, 6.45) is 6.31. The van der Waals surface area contributed by atoms with Crippen molar-refractivity contribution in [3.05, 3.63) is 75.2 Å². The average Bonchev–Trinajstić information content (AvgIpc) is 3.68. The van der Waals surface area contributed by atoms with Gasteiger partial charge in [0.2, 0.25) is 0 Å². The van der Waals surface area contributed by atoms with Gasteiger partial charge in [-0.05, 0) is 60.9 Å². The third-order valence-electron chi connectivity index (χ3n) is 9.88. The molecule has 0 saturated carbocycles. The molecule has 0 spiro atoms. The molecule has 4 aromatic heterocycles. The van der Waals surface area contributed by atoms with E-state index in [2.05, 4.69) is 48.5 Å². The molecule has 7 rings (SSSR count). The molecule has 1 N–H and O–H groups in total. The van der Waals surface area contributed by atoms with Crippen LogP contribution in [0.15, 0.2) is 41.5 Å². The number of methoxy groups -OCH3 is 1. The second-order valence-corrected chi connectivity index (χ2v) is 13.8. The summed E-state index contributed by atoms with van der Waals surface area (Å²) in [6, 6.07) is 8.30. The zero-order valence-electron chi connectivity index (χ0n) is 27.8. The Balaban J connectivity index is 1.18. The van der Waals surface area contributed by atoms with Gasteiger partial charge >= 0.3 is 0 Å². The zero-order chi connectivity index (χ0) is 32.3. The lowest BCUT2D eigenvalue weighted by Gasteiger charge is -2.32. The van der Waals surface area contributed by atoms with Gasteiger partial charge in [-0.3, -0.25) is 24.1 Å². The highest BCUT2D eigenvalue weighted by molar-refractivity contribution is 6.06. The number of carbonyl (C=O) groups excluding carboxylic acids is 1. The number of hydrogen-bond acceptors (Lipinski definition) is 7. The molecule has 2 aliphatic heterocycles. The molecule has 3 aliphatic rings. The smallest absolute Gasteiger partial charge is 0.276 e. The summed E-state index contributed by atoms with van der Waals surface area (Å²) in [6.45, 7) is 13.3. The van der Waals surface area contributed by atoms with Crippen LogP contribution < -0.4 is 15.8 Å². The van der Waals surface area contributed by atoms with Crippen LogP contribution in [0.25, 0.3) is 11.1 Å². The minimum absolute atomic E-state index is 0.000415. The van der Waals surface area contributed by atoms with Crippen molar-refractivity contribution in [3.63, 3.8) is 0 Å².